The number of imide groups is 1. The Morgan fingerprint density at radius 1 is 1.21 bits per heavy atom. The Labute approximate surface area is 180 Å². The molecule has 3 fully saturated rings. The standard InChI is InChI=1S/C21H36N4O3.ClH/c1-14(22)16-7-5-6-12-24(16)17(26)13-25-18(27)21(23-19(25)28)10-8-15(9-11-21)20(2,3)4;/h14-16H,5-13,22H2,1-4H3,(H,23,28);1H. The van der Waals surface area contributed by atoms with Crippen molar-refractivity contribution < 1.29 is 14.4 Å². The number of halogens is 1. The molecule has 4 amide bonds. The van der Waals surface area contributed by atoms with E-state index in [1.54, 1.807) is 4.90 Å². The zero-order valence-corrected chi connectivity index (χ0v) is 19.0. The molecule has 0 aromatic rings. The summed E-state index contributed by atoms with van der Waals surface area (Å²) in [5.74, 6) is 0.136. The normalized spacial score (nSPS) is 31.5. The van der Waals surface area contributed by atoms with E-state index in [1.165, 1.54) is 0 Å². The average Bonchev–Trinajstić information content (AvgIpc) is 2.85. The summed E-state index contributed by atoms with van der Waals surface area (Å²) in [6, 6.07) is -0.563. The number of hydrogen-bond acceptors (Lipinski definition) is 4. The summed E-state index contributed by atoms with van der Waals surface area (Å²) in [4.78, 5) is 41.5. The van der Waals surface area contributed by atoms with Crippen LogP contribution in [-0.4, -0.2) is 58.4 Å². The van der Waals surface area contributed by atoms with Crippen LogP contribution in [0.4, 0.5) is 4.79 Å². The number of carbonyl (C=O) groups is 3. The summed E-state index contributed by atoms with van der Waals surface area (Å²) >= 11 is 0. The number of piperidine rings is 1. The van der Waals surface area contributed by atoms with Gasteiger partial charge in [-0.1, -0.05) is 20.8 Å². The fourth-order valence-electron chi connectivity index (χ4n) is 5.18. The molecule has 1 spiro atoms. The van der Waals surface area contributed by atoms with E-state index < -0.39 is 11.6 Å². The van der Waals surface area contributed by atoms with Gasteiger partial charge < -0.3 is 16.0 Å². The van der Waals surface area contributed by atoms with E-state index in [2.05, 4.69) is 26.1 Å². The second kappa shape index (κ2) is 8.80. The molecule has 29 heavy (non-hydrogen) atoms. The lowest BCUT2D eigenvalue weighted by Crippen LogP contribution is -2.55. The van der Waals surface area contributed by atoms with E-state index in [0.29, 0.717) is 25.3 Å². The van der Waals surface area contributed by atoms with Gasteiger partial charge in [-0.25, -0.2) is 4.79 Å². The van der Waals surface area contributed by atoms with Crippen LogP contribution in [0, 0.1) is 11.3 Å². The first-order chi connectivity index (χ1) is 13.0. The van der Waals surface area contributed by atoms with Crippen molar-refractivity contribution in [2.45, 2.75) is 90.3 Å². The molecule has 0 radical (unpaired) electrons. The summed E-state index contributed by atoms with van der Waals surface area (Å²) in [7, 11) is 0. The average molecular weight is 429 g/mol. The molecule has 0 aromatic heterocycles. The maximum atomic E-state index is 13.1. The first-order valence-corrected chi connectivity index (χ1v) is 10.7. The SMILES string of the molecule is CC(N)C1CCCCN1C(=O)CN1C(=O)NC2(CCC(C(C)(C)C)CC2)C1=O.Cl. The molecule has 1 saturated carbocycles. The first kappa shape index (κ1) is 23.9. The number of likely N-dealkylation sites (tertiary alicyclic amines) is 1. The van der Waals surface area contributed by atoms with Gasteiger partial charge in [0.1, 0.15) is 12.1 Å². The molecule has 2 aliphatic heterocycles. The predicted octanol–water partition coefficient (Wildman–Crippen LogP) is 2.66. The van der Waals surface area contributed by atoms with E-state index >= 15 is 0 Å². The van der Waals surface area contributed by atoms with Crippen LogP contribution in [0.3, 0.4) is 0 Å². The Morgan fingerprint density at radius 2 is 1.83 bits per heavy atom. The number of hydrogen-bond donors (Lipinski definition) is 2. The lowest BCUT2D eigenvalue weighted by Gasteiger charge is -2.40. The molecule has 166 valence electrons. The van der Waals surface area contributed by atoms with E-state index in [1.807, 2.05) is 6.92 Å². The highest BCUT2D eigenvalue weighted by molar-refractivity contribution is 6.09. The molecule has 7 nitrogen and oxygen atoms in total. The first-order valence-electron chi connectivity index (χ1n) is 10.7. The minimum absolute atomic E-state index is 0. The minimum Gasteiger partial charge on any atom is -0.337 e. The molecule has 2 saturated heterocycles. The van der Waals surface area contributed by atoms with Crippen molar-refractivity contribution in [3.05, 3.63) is 0 Å². The number of nitrogens with two attached hydrogens (primary N) is 1. The van der Waals surface area contributed by atoms with Gasteiger partial charge in [-0.15, -0.1) is 12.4 Å². The van der Waals surface area contributed by atoms with E-state index in [0.717, 1.165) is 37.0 Å². The zero-order chi connectivity index (χ0) is 20.7. The van der Waals surface area contributed by atoms with Crippen LogP contribution in [0.15, 0.2) is 0 Å². The lowest BCUT2D eigenvalue weighted by molar-refractivity contribution is -0.142. The topological polar surface area (TPSA) is 95.7 Å². The second-order valence-corrected chi connectivity index (χ2v) is 10.1. The molecule has 0 bridgehead atoms. The highest BCUT2D eigenvalue weighted by Gasteiger charge is 2.53. The van der Waals surface area contributed by atoms with Crippen LogP contribution in [0.25, 0.3) is 0 Å². The van der Waals surface area contributed by atoms with Crippen molar-refractivity contribution in [2.75, 3.05) is 13.1 Å². The summed E-state index contributed by atoms with van der Waals surface area (Å²) in [6.45, 7) is 9.05. The Hall–Kier alpha value is -1.34. The summed E-state index contributed by atoms with van der Waals surface area (Å²) in [5.41, 5.74) is 5.45. The molecule has 8 heteroatoms. The quantitative estimate of drug-likeness (QED) is 0.675. The van der Waals surface area contributed by atoms with Crippen molar-refractivity contribution in [1.29, 1.82) is 0 Å². The summed E-state index contributed by atoms with van der Waals surface area (Å²) < 4.78 is 0. The third-order valence-corrected chi connectivity index (χ3v) is 7.08. The highest BCUT2D eigenvalue weighted by atomic mass is 35.5. The largest absolute Gasteiger partial charge is 0.337 e. The van der Waals surface area contributed by atoms with Crippen LogP contribution >= 0.6 is 12.4 Å². The zero-order valence-electron chi connectivity index (χ0n) is 18.2. The molecule has 3 rings (SSSR count). The molecule has 0 aromatic carbocycles. The smallest absolute Gasteiger partial charge is 0.325 e. The van der Waals surface area contributed by atoms with Crippen molar-refractivity contribution in [1.82, 2.24) is 15.1 Å². The van der Waals surface area contributed by atoms with Crippen molar-refractivity contribution in [3.63, 3.8) is 0 Å². The van der Waals surface area contributed by atoms with E-state index in [-0.39, 0.29) is 48.3 Å². The molecular formula is C21H37ClN4O3. The number of rotatable bonds is 3. The fourth-order valence-corrected chi connectivity index (χ4v) is 5.18. The molecule has 1 aliphatic carbocycles. The van der Waals surface area contributed by atoms with Gasteiger partial charge in [-0.2, -0.15) is 0 Å². The maximum absolute atomic E-state index is 13.1. The Balaban J connectivity index is 0.00000300. The van der Waals surface area contributed by atoms with Crippen LogP contribution in [0.5, 0.6) is 0 Å². The Morgan fingerprint density at radius 3 is 2.38 bits per heavy atom. The van der Waals surface area contributed by atoms with E-state index in [4.69, 9.17) is 5.73 Å². The minimum atomic E-state index is -0.818. The fraction of sp³-hybridized carbons (Fsp3) is 0.857. The molecule has 3 N–H and O–H groups in total. The molecule has 2 atom stereocenters. The summed E-state index contributed by atoms with van der Waals surface area (Å²) in [5, 5.41) is 2.93. The van der Waals surface area contributed by atoms with Crippen LogP contribution in [-0.2, 0) is 9.59 Å². The van der Waals surface area contributed by atoms with Crippen molar-refractivity contribution in [2.24, 2.45) is 17.1 Å². The van der Waals surface area contributed by atoms with Crippen LogP contribution in [0.1, 0.15) is 72.6 Å². The number of nitrogens with zero attached hydrogens (tertiary/aromatic N) is 2. The van der Waals surface area contributed by atoms with Gasteiger partial charge in [0.25, 0.3) is 5.91 Å². The van der Waals surface area contributed by atoms with Gasteiger partial charge in [0.05, 0.1) is 0 Å². The number of nitrogens with one attached hydrogen (secondary N) is 1. The van der Waals surface area contributed by atoms with Gasteiger partial charge in [0, 0.05) is 18.6 Å². The van der Waals surface area contributed by atoms with Gasteiger partial charge in [-0.05, 0) is 63.2 Å². The van der Waals surface area contributed by atoms with Crippen molar-refractivity contribution in [3.8, 4) is 0 Å². The van der Waals surface area contributed by atoms with Gasteiger partial charge >= 0.3 is 6.03 Å². The van der Waals surface area contributed by atoms with Gasteiger partial charge in [0.2, 0.25) is 5.91 Å². The highest BCUT2D eigenvalue weighted by Crippen LogP contribution is 2.43. The molecule has 2 unspecified atom stereocenters. The number of amides is 4. The molecular weight excluding hydrogens is 392 g/mol. The Bertz CT molecular complexity index is 638. The number of carbonyl (C=O) groups excluding carboxylic acids is 3. The monoisotopic (exact) mass is 428 g/mol. The lowest BCUT2D eigenvalue weighted by atomic mass is 9.67. The van der Waals surface area contributed by atoms with E-state index in [9.17, 15) is 14.4 Å². The third-order valence-electron chi connectivity index (χ3n) is 7.08. The van der Waals surface area contributed by atoms with Crippen molar-refractivity contribution >= 4 is 30.3 Å². The second-order valence-electron chi connectivity index (χ2n) is 10.1. The summed E-state index contributed by atoms with van der Waals surface area (Å²) in [6.07, 6.45) is 5.99. The van der Waals surface area contributed by atoms with Crippen LogP contribution in [0.2, 0.25) is 0 Å². The predicted molar refractivity (Wildman–Crippen MR) is 115 cm³/mol. The number of urea groups is 1. The third kappa shape index (κ3) is 4.71. The van der Waals surface area contributed by atoms with Gasteiger partial charge in [0.15, 0.2) is 0 Å². The van der Waals surface area contributed by atoms with Crippen LogP contribution < -0.4 is 11.1 Å². The molecule has 2 heterocycles. The molecule has 3 aliphatic rings. The Kier molecular flexibility index (Phi) is 7.26. The van der Waals surface area contributed by atoms with Gasteiger partial charge in [-0.3, -0.25) is 14.5 Å². The maximum Gasteiger partial charge on any atom is 0.325 e.